The highest BCUT2D eigenvalue weighted by Gasteiger charge is 2.09. The Bertz CT molecular complexity index is 294. The largest absolute Gasteiger partial charge is 0.399 e. The van der Waals surface area contributed by atoms with E-state index in [0.717, 1.165) is 17.7 Å². The topological polar surface area (TPSA) is 52.0 Å². The van der Waals surface area contributed by atoms with Crippen LogP contribution < -0.4 is 11.5 Å². The number of hydrogen-bond donors (Lipinski definition) is 2. The summed E-state index contributed by atoms with van der Waals surface area (Å²) in [6.45, 7) is 4.22. The van der Waals surface area contributed by atoms with Gasteiger partial charge in [-0.3, -0.25) is 0 Å². The fraction of sp³-hybridized carbons (Fsp3) is 0.500. The van der Waals surface area contributed by atoms with Crippen molar-refractivity contribution in [2.45, 2.75) is 39.2 Å². The van der Waals surface area contributed by atoms with Crippen LogP contribution in [-0.4, -0.2) is 0 Å². The van der Waals surface area contributed by atoms with Gasteiger partial charge in [-0.1, -0.05) is 31.9 Å². The van der Waals surface area contributed by atoms with Gasteiger partial charge in [0.1, 0.15) is 0 Å². The maximum absolute atomic E-state index is 6.10. The van der Waals surface area contributed by atoms with Crippen LogP contribution >= 0.6 is 0 Å². The highest BCUT2D eigenvalue weighted by molar-refractivity contribution is 5.50. The second-order valence-corrected chi connectivity index (χ2v) is 3.81. The molecule has 0 aliphatic rings. The lowest BCUT2D eigenvalue weighted by Gasteiger charge is -2.15. The van der Waals surface area contributed by atoms with E-state index in [9.17, 15) is 0 Å². The predicted molar refractivity (Wildman–Crippen MR) is 62.0 cm³/mol. The van der Waals surface area contributed by atoms with E-state index in [1.54, 1.807) is 0 Å². The monoisotopic (exact) mass is 192 g/mol. The molecule has 0 aliphatic carbocycles. The Hall–Kier alpha value is -1.02. The summed E-state index contributed by atoms with van der Waals surface area (Å²) in [7, 11) is 0. The minimum Gasteiger partial charge on any atom is -0.399 e. The van der Waals surface area contributed by atoms with Crippen molar-refractivity contribution in [3.05, 3.63) is 29.3 Å². The van der Waals surface area contributed by atoms with Gasteiger partial charge in [0.05, 0.1) is 0 Å². The standard InChI is InChI=1S/C12H20N2/c1-3-4-7-12(14)10-6-5-8-11(13)9(10)2/h5-6,8,12H,3-4,7,13-14H2,1-2H3/t12-/m1/s1. The van der Waals surface area contributed by atoms with Gasteiger partial charge in [0.15, 0.2) is 0 Å². The quantitative estimate of drug-likeness (QED) is 0.721. The molecule has 2 nitrogen and oxygen atoms in total. The van der Waals surface area contributed by atoms with Gasteiger partial charge in [0.2, 0.25) is 0 Å². The average molecular weight is 192 g/mol. The molecule has 4 N–H and O–H groups in total. The summed E-state index contributed by atoms with van der Waals surface area (Å²) in [4.78, 5) is 0. The second kappa shape index (κ2) is 5.01. The van der Waals surface area contributed by atoms with Crippen LogP contribution in [0.15, 0.2) is 18.2 Å². The molecule has 1 aromatic rings. The van der Waals surface area contributed by atoms with Crippen LogP contribution in [0.1, 0.15) is 43.4 Å². The molecule has 0 saturated heterocycles. The molecule has 0 saturated carbocycles. The predicted octanol–water partition coefficient (Wildman–Crippen LogP) is 2.77. The fourth-order valence-electron chi connectivity index (χ4n) is 1.65. The van der Waals surface area contributed by atoms with E-state index in [2.05, 4.69) is 13.0 Å². The molecule has 0 radical (unpaired) electrons. The maximum atomic E-state index is 6.10. The Labute approximate surface area is 86.3 Å². The summed E-state index contributed by atoms with van der Waals surface area (Å²) < 4.78 is 0. The van der Waals surface area contributed by atoms with Crippen molar-refractivity contribution < 1.29 is 0 Å². The van der Waals surface area contributed by atoms with E-state index in [0.29, 0.717) is 0 Å². The zero-order valence-electron chi connectivity index (χ0n) is 9.09. The van der Waals surface area contributed by atoms with Gasteiger partial charge in [0.25, 0.3) is 0 Å². The van der Waals surface area contributed by atoms with E-state index in [4.69, 9.17) is 11.5 Å². The number of nitrogens with two attached hydrogens (primary N) is 2. The number of nitrogen functional groups attached to an aromatic ring is 1. The van der Waals surface area contributed by atoms with Crippen LogP contribution in [0.2, 0.25) is 0 Å². The van der Waals surface area contributed by atoms with Crippen molar-refractivity contribution in [1.82, 2.24) is 0 Å². The highest BCUT2D eigenvalue weighted by atomic mass is 14.6. The number of anilines is 1. The van der Waals surface area contributed by atoms with E-state index < -0.39 is 0 Å². The van der Waals surface area contributed by atoms with Crippen LogP contribution in [0.3, 0.4) is 0 Å². The molecule has 0 bridgehead atoms. The van der Waals surface area contributed by atoms with Gasteiger partial charge in [-0.15, -0.1) is 0 Å². The third-order valence-electron chi connectivity index (χ3n) is 2.69. The zero-order chi connectivity index (χ0) is 10.6. The van der Waals surface area contributed by atoms with Gasteiger partial charge in [-0.25, -0.2) is 0 Å². The third-order valence-corrected chi connectivity index (χ3v) is 2.69. The first-order valence-corrected chi connectivity index (χ1v) is 5.27. The van der Waals surface area contributed by atoms with Gasteiger partial charge < -0.3 is 11.5 Å². The van der Waals surface area contributed by atoms with Crippen molar-refractivity contribution in [3.63, 3.8) is 0 Å². The van der Waals surface area contributed by atoms with Crippen LogP contribution in [0.5, 0.6) is 0 Å². The molecule has 1 atom stereocenters. The molecule has 78 valence electrons. The van der Waals surface area contributed by atoms with E-state index >= 15 is 0 Å². The molecule has 1 aromatic carbocycles. The Morgan fingerprint density at radius 1 is 1.36 bits per heavy atom. The summed E-state index contributed by atoms with van der Waals surface area (Å²) >= 11 is 0. The van der Waals surface area contributed by atoms with Crippen LogP contribution in [0, 0.1) is 6.92 Å². The molecule has 0 amide bonds. The van der Waals surface area contributed by atoms with Crippen molar-refractivity contribution in [2.24, 2.45) is 5.73 Å². The first-order chi connectivity index (χ1) is 6.66. The summed E-state index contributed by atoms with van der Waals surface area (Å²) in [5, 5.41) is 0. The summed E-state index contributed by atoms with van der Waals surface area (Å²) in [5.74, 6) is 0. The normalized spacial score (nSPS) is 12.8. The molecule has 0 fully saturated rings. The number of benzene rings is 1. The molecule has 0 aliphatic heterocycles. The first kappa shape index (κ1) is 11.1. The van der Waals surface area contributed by atoms with Crippen LogP contribution in [0.4, 0.5) is 5.69 Å². The Balaban J connectivity index is 2.79. The maximum Gasteiger partial charge on any atom is 0.0347 e. The minimum absolute atomic E-state index is 0.137. The molecular formula is C12H20N2. The van der Waals surface area contributed by atoms with Crippen molar-refractivity contribution in [1.29, 1.82) is 0 Å². The van der Waals surface area contributed by atoms with Crippen molar-refractivity contribution in [2.75, 3.05) is 5.73 Å². The SMILES string of the molecule is CCCC[C@@H](N)c1cccc(N)c1C. The summed E-state index contributed by atoms with van der Waals surface area (Å²) in [6, 6.07) is 6.11. The van der Waals surface area contributed by atoms with E-state index in [1.807, 2.05) is 19.1 Å². The van der Waals surface area contributed by atoms with Gasteiger partial charge in [-0.2, -0.15) is 0 Å². The molecule has 2 heteroatoms. The molecule has 0 unspecified atom stereocenters. The molecule has 0 heterocycles. The number of unbranched alkanes of at least 4 members (excludes halogenated alkanes) is 1. The van der Waals surface area contributed by atoms with Gasteiger partial charge in [0, 0.05) is 11.7 Å². The lowest BCUT2D eigenvalue weighted by molar-refractivity contribution is 0.601. The van der Waals surface area contributed by atoms with Gasteiger partial charge >= 0.3 is 0 Å². The van der Waals surface area contributed by atoms with Crippen LogP contribution in [0.25, 0.3) is 0 Å². The molecule has 0 aromatic heterocycles. The third kappa shape index (κ3) is 2.48. The van der Waals surface area contributed by atoms with Gasteiger partial charge in [-0.05, 0) is 30.5 Å². The first-order valence-electron chi connectivity index (χ1n) is 5.27. The van der Waals surface area contributed by atoms with Crippen molar-refractivity contribution >= 4 is 5.69 Å². The summed E-state index contributed by atoms with van der Waals surface area (Å²) in [5.41, 5.74) is 15.1. The van der Waals surface area contributed by atoms with Crippen LogP contribution in [-0.2, 0) is 0 Å². The number of rotatable bonds is 4. The van der Waals surface area contributed by atoms with E-state index in [1.165, 1.54) is 18.4 Å². The Kier molecular flexibility index (Phi) is 3.96. The smallest absolute Gasteiger partial charge is 0.0347 e. The highest BCUT2D eigenvalue weighted by Crippen LogP contribution is 2.23. The molecule has 14 heavy (non-hydrogen) atoms. The number of hydrogen-bond acceptors (Lipinski definition) is 2. The summed E-state index contributed by atoms with van der Waals surface area (Å²) in [6.07, 6.45) is 3.41. The lowest BCUT2D eigenvalue weighted by atomic mass is 9.97. The second-order valence-electron chi connectivity index (χ2n) is 3.81. The minimum atomic E-state index is 0.137. The molecule has 0 spiro atoms. The Morgan fingerprint density at radius 2 is 2.07 bits per heavy atom. The van der Waals surface area contributed by atoms with E-state index in [-0.39, 0.29) is 6.04 Å². The lowest BCUT2D eigenvalue weighted by Crippen LogP contribution is -2.12. The Morgan fingerprint density at radius 3 is 2.71 bits per heavy atom. The fourth-order valence-corrected chi connectivity index (χ4v) is 1.65. The van der Waals surface area contributed by atoms with Crippen molar-refractivity contribution in [3.8, 4) is 0 Å². The molecule has 1 rings (SSSR count). The molecular weight excluding hydrogens is 172 g/mol. The average Bonchev–Trinajstić information content (AvgIpc) is 2.18. The zero-order valence-corrected chi connectivity index (χ0v) is 9.09.